The molecule has 0 spiro atoms. The number of hydrogen-bond donors (Lipinski definition) is 1. The fourth-order valence-corrected chi connectivity index (χ4v) is 7.15. The van der Waals surface area contributed by atoms with E-state index in [1.54, 1.807) is 34.8 Å². The molecule has 1 aromatic heterocycles. The van der Waals surface area contributed by atoms with Crippen LogP contribution in [0.5, 0.6) is 5.75 Å². The number of nitrogens with one attached hydrogen (secondary N) is 1. The minimum atomic E-state index is -3.53. The van der Waals surface area contributed by atoms with E-state index in [9.17, 15) is 13.2 Å². The molecule has 2 aliphatic heterocycles. The number of nitrogens with zero attached hydrogens (tertiary/aromatic N) is 5. The molecule has 10 nitrogen and oxygen atoms in total. The highest BCUT2D eigenvalue weighted by Gasteiger charge is 2.39. The van der Waals surface area contributed by atoms with Gasteiger partial charge in [-0.15, -0.1) is 0 Å². The summed E-state index contributed by atoms with van der Waals surface area (Å²) in [5.41, 5.74) is 2.69. The maximum atomic E-state index is 13.6. The SMILES string of the molecule is CC1(COc2c(N3CCN(S(=O)(=O)Cc4cccc(N5CCNCC5)c4)CC3)cnn(-c3cccc(Cl)c3)c2=O)CC1. The predicted molar refractivity (Wildman–Crippen MR) is 166 cm³/mol. The second-order valence-corrected chi connectivity index (χ2v) is 14.1. The van der Waals surface area contributed by atoms with Crippen molar-refractivity contribution in [2.24, 2.45) is 5.41 Å². The monoisotopic (exact) mass is 612 g/mol. The highest BCUT2D eigenvalue weighted by Crippen LogP contribution is 2.45. The number of sulfonamides is 1. The number of piperazine rings is 2. The summed E-state index contributed by atoms with van der Waals surface area (Å²) in [7, 11) is -3.53. The Morgan fingerprint density at radius 3 is 2.38 bits per heavy atom. The second-order valence-electron chi connectivity index (χ2n) is 11.7. The molecule has 224 valence electrons. The quantitative estimate of drug-likeness (QED) is 0.394. The van der Waals surface area contributed by atoms with E-state index in [1.165, 1.54) is 4.68 Å². The predicted octanol–water partition coefficient (Wildman–Crippen LogP) is 3.13. The Balaban J connectivity index is 1.17. The zero-order valence-electron chi connectivity index (χ0n) is 23.8. The summed E-state index contributed by atoms with van der Waals surface area (Å²) in [6.07, 6.45) is 3.76. The molecule has 6 rings (SSSR count). The van der Waals surface area contributed by atoms with Crippen molar-refractivity contribution in [3.05, 3.63) is 75.7 Å². The van der Waals surface area contributed by atoms with Crippen molar-refractivity contribution >= 4 is 33.0 Å². The molecular weight excluding hydrogens is 576 g/mol. The van der Waals surface area contributed by atoms with Gasteiger partial charge < -0.3 is 19.9 Å². The van der Waals surface area contributed by atoms with E-state index in [0.717, 1.165) is 50.3 Å². The third-order valence-corrected chi connectivity index (χ3v) is 10.4. The van der Waals surface area contributed by atoms with Crippen LogP contribution in [0.2, 0.25) is 5.02 Å². The van der Waals surface area contributed by atoms with Crippen LogP contribution in [0.15, 0.2) is 59.5 Å². The molecule has 42 heavy (non-hydrogen) atoms. The van der Waals surface area contributed by atoms with Crippen LogP contribution in [0, 0.1) is 5.41 Å². The van der Waals surface area contributed by atoms with Gasteiger partial charge in [-0.2, -0.15) is 14.1 Å². The van der Waals surface area contributed by atoms with Gasteiger partial charge in [0.05, 0.1) is 24.2 Å². The smallest absolute Gasteiger partial charge is 0.316 e. The highest BCUT2D eigenvalue weighted by molar-refractivity contribution is 7.88. The first kappa shape index (κ1) is 29.0. The third-order valence-electron chi connectivity index (χ3n) is 8.35. The molecule has 1 aliphatic carbocycles. The molecule has 3 fully saturated rings. The molecule has 0 atom stereocenters. The van der Waals surface area contributed by atoms with Gasteiger partial charge in [0.2, 0.25) is 15.8 Å². The Labute approximate surface area is 251 Å². The molecule has 3 aromatic rings. The zero-order valence-corrected chi connectivity index (χ0v) is 25.4. The minimum Gasteiger partial charge on any atom is -0.486 e. The van der Waals surface area contributed by atoms with E-state index >= 15 is 0 Å². The molecule has 0 unspecified atom stereocenters. The Morgan fingerprint density at radius 2 is 1.67 bits per heavy atom. The highest BCUT2D eigenvalue weighted by atomic mass is 35.5. The van der Waals surface area contributed by atoms with Gasteiger partial charge in [0, 0.05) is 68.5 Å². The summed E-state index contributed by atoms with van der Waals surface area (Å²) in [6, 6.07) is 14.8. The largest absolute Gasteiger partial charge is 0.486 e. The Kier molecular flexibility index (Phi) is 8.19. The number of halogens is 1. The van der Waals surface area contributed by atoms with Gasteiger partial charge in [0.1, 0.15) is 5.69 Å². The normalized spacial score (nSPS) is 19.1. The van der Waals surface area contributed by atoms with E-state index in [1.807, 2.05) is 29.2 Å². The maximum Gasteiger partial charge on any atom is 0.316 e. The first-order valence-electron chi connectivity index (χ1n) is 14.5. The van der Waals surface area contributed by atoms with Gasteiger partial charge in [-0.25, -0.2) is 8.42 Å². The van der Waals surface area contributed by atoms with Crippen molar-refractivity contribution < 1.29 is 13.2 Å². The van der Waals surface area contributed by atoms with Crippen LogP contribution in [0.4, 0.5) is 11.4 Å². The van der Waals surface area contributed by atoms with Crippen LogP contribution in [-0.2, 0) is 15.8 Å². The Morgan fingerprint density at radius 1 is 0.952 bits per heavy atom. The number of benzene rings is 2. The van der Waals surface area contributed by atoms with Crippen LogP contribution >= 0.6 is 11.6 Å². The Hall–Kier alpha value is -3.12. The van der Waals surface area contributed by atoms with Crippen molar-refractivity contribution in [2.75, 3.05) is 68.8 Å². The lowest BCUT2D eigenvalue weighted by Gasteiger charge is -2.36. The standard InChI is InChI=1S/C30H37ClN6O4S/c1-30(8-9-30)22-41-28-27(20-33-37(29(28)38)26-7-3-5-24(31)19-26)35-14-16-36(17-15-35)42(39,40)21-23-4-2-6-25(18-23)34-12-10-32-11-13-34/h2-7,18-20,32H,8-17,21-22H2,1H3. The maximum absolute atomic E-state index is 13.6. The molecular formula is C30H37ClN6O4S. The fraction of sp³-hybridized carbons (Fsp3) is 0.467. The molecule has 3 aliphatic rings. The van der Waals surface area contributed by atoms with Crippen LogP contribution < -0.4 is 25.4 Å². The summed E-state index contributed by atoms with van der Waals surface area (Å²) >= 11 is 6.17. The summed E-state index contributed by atoms with van der Waals surface area (Å²) in [4.78, 5) is 17.9. The summed E-state index contributed by atoms with van der Waals surface area (Å²) in [5.74, 6) is 0.191. The van der Waals surface area contributed by atoms with E-state index in [0.29, 0.717) is 49.2 Å². The van der Waals surface area contributed by atoms with E-state index < -0.39 is 10.0 Å². The molecule has 0 amide bonds. The number of hydrogen-bond acceptors (Lipinski definition) is 8. The van der Waals surface area contributed by atoms with E-state index in [-0.39, 0.29) is 22.5 Å². The van der Waals surface area contributed by atoms with Crippen molar-refractivity contribution in [3.8, 4) is 11.4 Å². The first-order valence-corrected chi connectivity index (χ1v) is 16.5. The molecule has 3 heterocycles. The topological polar surface area (TPSA) is 100 Å². The number of anilines is 2. The van der Waals surface area contributed by atoms with Crippen LogP contribution in [0.25, 0.3) is 5.69 Å². The van der Waals surface area contributed by atoms with Crippen LogP contribution in [0.3, 0.4) is 0 Å². The van der Waals surface area contributed by atoms with Crippen molar-refractivity contribution in [1.82, 2.24) is 19.4 Å². The van der Waals surface area contributed by atoms with Gasteiger partial charge in [-0.1, -0.05) is 36.7 Å². The molecule has 0 radical (unpaired) electrons. The van der Waals surface area contributed by atoms with Gasteiger partial charge in [0.15, 0.2) is 0 Å². The molecule has 2 saturated heterocycles. The lowest BCUT2D eigenvalue weighted by Crippen LogP contribution is -2.49. The molecule has 0 bridgehead atoms. The van der Waals surface area contributed by atoms with Crippen molar-refractivity contribution in [2.45, 2.75) is 25.5 Å². The van der Waals surface area contributed by atoms with Gasteiger partial charge in [-0.05, 0) is 48.7 Å². The van der Waals surface area contributed by atoms with Crippen molar-refractivity contribution in [1.29, 1.82) is 0 Å². The minimum absolute atomic E-state index is 0.0445. The van der Waals surface area contributed by atoms with E-state index in [2.05, 4.69) is 22.2 Å². The summed E-state index contributed by atoms with van der Waals surface area (Å²) in [5, 5.41) is 8.29. The molecule has 1 N–H and O–H groups in total. The third kappa shape index (κ3) is 6.44. The van der Waals surface area contributed by atoms with E-state index in [4.69, 9.17) is 16.3 Å². The second kappa shape index (κ2) is 11.9. The fourth-order valence-electron chi connectivity index (χ4n) is 5.46. The molecule has 12 heteroatoms. The number of aromatic nitrogens is 2. The summed E-state index contributed by atoms with van der Waals surface area (Å²) < 4.78 is 35.9. The molecule has 1 saturated carbocycles. The number of ether oxygens (including phenoxy) is 1. The summed E-state index contributed by atoms with van der Waals surface area (Å²) in [6.45, 7) is 7.72. The lowest BCUT2D eigenvalue weighted by atomic mass is 10.2. The van der Waals surface area contributed by atoms with Gasteiger partial charge >= 0.3 is 5.56 Å². The Bertz CT molecular complexity index is 1600. The van der Waals surface area contributed by atoms with Crippen LogP contribution in [0.1, 0.15) is 25.3 Å². The number of rotatable bonds is 9. The van der Waals surface area contributed by atoms with Crippen molar-refractivity contribution in [3.63, 3.8) is 0 Å². The zero-order chi connectivity index (χ0) is 29.3. The van der Waals surface area contributed by atoms with Gasteiger partial charge in [0.25, 0.3) is 0 Å². The van der Waals surface area contributed by atoms with Gasteiger partial charge in [-0.3, -0.25) is 4.79 Å². The molecule has 2 aromatic carbocycles. The van der Waals surface area contributed by atoms with Crippen LogP contribution in [-0.4, -0.2) is 81.5 Å². The first-order chi connectivity index (χ1) is 20.2. The lowest BCUT2D eigenvalue weighted by molar-refractivity contribution is 0.242. The average Bonchev–Trinajstić information content (AvgIpc) is 3.74. The average molecular weight is 613 g/mol.